The third-order valence-electron chi connectivity index (χ3n) is 5.02. The SMILES string of the molecule is Cc1ccc2c(N=CC(O)(CC3=CCOc4ccccc43)C(F)(F)F)cccc2n1. The first-order valence-electron chi connectivity index (χ1n) is 9.39. The Labute approximate surface area is 171 Å². The Bertz CT molecular complexity index is 1150. The number of aliphatic imine (C=N–C) groups is 1. The Morgan fingerprint density at radius 1 is 1.10 bits per heavy atom. The molecule has 0 spiro atoms. The average molecular weight is 412 g/mol. The quantitative estimate of drug-likeness (QED) is 0.584. The molecule has 0 radical (unpaired) electrons. The van der Waals surface area contributed by atoms with Gasteiger partial charge in [0.05, 0.1) is 11.2 Å². The van der Waals surface area contributed by atoms with Crippen LogP contribution < -0.4 is 4.74 Å². The lowest BCUT2D eigenvalue weighted by Gasteiger charge is -2.29. The van der Waals surface area contributed by atoms with E-state index in [4.69, 9.17) is 4.74 Å². The molecule has 0 saturated heterocycles. The number of nitrogens with zero attached hydrogens (tertiary/aromatic N) is 2. The molecule has 3 aromatic rings. The van der Waals surface area contributed by atoms with E-state index in [1.54, 1.807) is 60.7 Å². The highest BCUT2D eigenvalue weighted by molar-refractivity contribution is 5.92. The third-order valence-corrected chi connectivity index (χ3v) is 5.02. The van der Waals surface area contributed by atoms with E-state index in [1.165, 1.54) is 0 Å². The van der Waals surface area contributed by atoms with Crippen molar-refractivity contribution in [3.05, 3.63) is 71.9 Å². The van der Waals surface area contributed by atoms with Crippen LogP contribution in [0, 0.1) is 6.92 Å². The van der Waals surface area contributed by atoms with E-state index in [2.05, 4.69) is 9.98 Å². The molecule has 4 rings (SSSR count). The second-order valence-electron chi connectivity index (χ2n) is 7.19. The zero-order valence-electron chi connectivity index (χ0n) is 16.1. The third kappa shape index (κ3) is 3.80. The van der Waals surface area contributed by atoms with Crippen molar-refractivity contribution < 1.29 is 23.0 Å². The fourth-order valence-electron chi connectivity index (χ4n) is 3.41. The molecule has 1 aliphatic rings. The summed E-state index contributed by atoms with van der Waals surface area (Å²) in [7, 11) is 0. The number of halogens is 3. The minimum absolute atomic E-state index is 0.145. The summed E-state index contributed by atoms with van der Waals surface area (Å²) >= 11 is 0. The molecule has 1 atom stereocenters. The topological polar surface area (TPSA) is 54.7 Å². The van der Waals surface area contributed by atoms with Crippen LogP contribution in [-0.2, 0) is 0 Å². The molecule has 1 aliphatic heterocycles. The molecular formula is C23H19F3N2O2. The molecule has 4 nitrogen and oxygen atoms in total. The first-order valence-corrected chi connectivity index (χ1v) is 9.39. The predicted octanol–water partition coefficient (Wildman–Crippen LogP) is 5.41. The number of ether oxygens (including phenoxy) is 1. The van der Waals surface area contributed by atoms with Crippen LogP contribution >= 0.6 is 0 Å². The molecule has 0 saturated carbocycles. The van der Waals surface area contributed by atoms with Crippen LogP contribution in [0.1, 0.15) is 17.7 Å². The van der Waals surface area contributed by atoms with Crippen LogP contribution in [0.25, 0.3) is 16.5 Å². The minimum atomic E-state index is -4.91. The summed E-state index contributed by atoms with van der Waals surface area (Å²) in [4.78, 5) is 8.40. The summed E-state index contributed by atoms with van der Waals surface area (Å²) in [5.74, 6) is 0.493. The predicted molar refractivity (Wildman–Crippen MR) is 110 cm³/mol. The zero-order chi connectivity index (χ0) is 21.4. The number of benzene rings is 2. The maximum absolute atomic E-state index is 13.9. The molecular weight excluding hydrogens is 393 g/mol. The average Bonchev–Trinajstić information content (AvgIpc) is 2.71. The van der Waals surface area contributed by atoms with Crippen LogP contribution in [0.3, 0.4) is 0 Å². The van der Waals surface area contributed by atoms with E-state index >= 15 is 0 Å². The van der Waals surface area contributed by atoms with E-state index in [9.17, 15) is 18.3 Å². The van der Waals surface area contributed by atoms with Gasteiger partial charge in [0.1, 0.15) is 12.4 Å². The number of aryl methyl sites for hydroxylation is 1. The molecule has 7 heteroatoms. The largest absolute Gasteiger partial charge is 0.489 e. The van der Waals surface area contributed by atoms with Gasteiger partial charge in [-0.15, -0.1) is 0 Å². The van der Waals surface area contributed by atoms with Crippen molar-refractivity contribution in [3.8, 4) is 5.75 Å². The van der Waals surface area contributed by atoms with Crippen molar-refractivity contribution in [1.82, 2.24) is 4.98 Å². The fraction of sp³-hybridized carbons (Fsp3) is 0.217. The summed E-state index contributed by atoms with van der Waals surface area (Å²) < 4.78 is 47.1. The Morgan fingerprint density at radius 3 is 2.70 bits per heavy atom. The van der Waals surface area contributed by atoms with Gasteiger partial charge in [-0.05, 0) is 48.9 Å². The van der Waals surface area contributed by atoms with Crippen LogP contribution in [0.2, 0.25) is 0 Å². The van der Waals surface area contributed by atoms with E-state index in [0.29, 0.717) is 39.7 Å². The fourth-order valence-corrected chi connectivity index (χ4v) is 3.41. The minimum Gasteiger partial charge on any atom is -0.489 e. The molecule has 154 valence electrons. The van der Waals surface area contributed by atoms with Gasteiger partial charge in [0, 0.05) is 29.3 Å². The number of hydrogen-bond acceptors (Lipinski definition) is 4. The Hall–Kier alpha value is -3.19. The molecule has 2 aromatic carbocycles. The van der Waals surface area contributed by atoms with E-state index in [0.717, 1.165) is 5.69 Å². The first-order chi connectivity index (χ1) is 14.3. The van der Waals surface area contributed by atoms with Crippen molar-refractivity contribution in [2.45, 2.75) is 25.1 Å². The van der Waals surface area contributed by atoms with Gasteiger partial charge >= 0.3 is 6.18 Å². The first kappa shape index (κ1) is 20.1. The molecule has 2 heterocycles. The van der Waals surface area contributed by atoms with Gasteiger partial charge in [-0.25, -0.2) is 0 Å². The second kappa shape index (κ2) is 7.57. The molecule has 0 fully saturated rings. The van der Waals surface area contributed by atoms with E-state index in [-0.39, 0.29) is 6.61 Å². The maximum atomic E-state index is 13.9. The normalized spacial score (nSPS) is 16.1. The van der Waals surface area contributed by atoms with Crippen LogP contribution in [0.5, 0.6) is 5.75 Å². The molecule has 1 unspecified atom stereocenters. The number of pyridine rings is 1. The number of aromatic nitrogens is 1. The van der Waals surface area contributed by atoms with Crippen LogP contribution in [0.15, 0.2) is 65.7 Å². The highest BCUT2D eigenvalue weighted by Crippen LogP contribution is 2.40. The van der Waals surface area contributed by atoms with Gasteiger partial charge in [-0.1, -0.05) is 24.3 Å². The summed E-state index contributed by atoms with van der Waals surface area (Å²) in [6.45, 7) is 1.98. The molecule has 0 aliphatic carbocycles. The summed E-state index contributed by atoms with van der Waals surface area (Å²) in [5.41, 5.74) is -0.516. The monoisotopic (exact) mass is 412 g/mol. The van der Waals surface area contributed by atoms with Gasteiger partial charge in [0.15, 0.2) is 5.60 Å². The highest BCUT2D eigenvalue weighted by atomic mass is 19.4. The Kier molecular flexibility index (Phi) is 5.07. The number of hydrogen-bond donors (Lipinski definition) is 1. The Balaban J connectivity index is 1.71. The zero-order valence-corrected chi connectivity index (χ0v) is 16.1. The molecule has 0 amide bonds. The molecule has 30 heavy (non-hydrogen) atoms. The Morgan fingerprint density at radius 2 is 1.90 bits per heavy atom. The number of alkyl halides is 3. The lowest BCUT2D eigenvalue weighted by molar-refractivity contribution is -0.226. The number of para-hydroxylation sites is 1. The van der Waals surface area contributed by atoms with Gasteiger partial charge in [0.2, 0.25) is 0 Å². The smallest absolute Gasteiger partial charge is 0.422 e. The van der Waals surface area contributed by atoms with Gasteiger partial charge in [-0.2, -0.15) is 13.2 Å². The van der Waals surface area contributed by atoms with Crippen LogP contribution in [-0.4, -0.2) is 34.7 Å². The van der Waals surface area contributed by atoms with Gasteiger partial charge < -0.3 is 9.84 Å². The number of rotatable bonds is 4. The second-order valence-corrected chi connectivity index (χ2v) is 7.19. The standard InChI is InChI=1S/C23H19F3N2O2/c1-15-9-10-18-19(6-4-7-20(18)28-15)27-14-22(29,23(24,25)26)13-16-11-12-30-21-8-3-2-5-17(16)21/h2-11,14,29H,12-13H2,1H3. The summed E-state index contributed by atoms with van der Waals surface area (Å²) in [6, 6.07) is 15.4. The number of aliphatic hydroxyl groups is 1. The van der Waals surface area contributed by atoms with Crippen molar-refractivity contribution >= 4 is 28.4 Å². The maximum Gasteiger partial charge on any atom is 0.422 e. The van der Waals surface area contributed by atoms with Crippen molar-refractivity contribution in [1.29, 1.82) is 0 Å². The molecule has 1 N–H and O–H groups in total. The van der Waals surface area contributed by atoms with E-state index in [1.807, 2.05) is 6.92 Å². The van der Waals surface area contributed by atoms with Gasteiger partial charge in [-0.3, -0.25) is 9.98 Å². The lowest BCUT2D eigenvalue weighted by Crippen LogP contribution is -2.47. The van der Waals surface area contributed by atoms with Crippen molar-refractivity contribution in [2.75, 3.05) is 6.61 Å². The van der Waals surface area contributed by atoms with E-state index < -0.39 is 18.2 Å². The van der Waals surface area contributed by atoms with Crippen molar-refractivity contribution in [2.24, 2.45) is 4.99 Å². The molecule has 1 aromatic heterocycles. The summed E-state index contributed by atoms with van der Waals surface area (Å²) in [5, 5.41) is 11.2. The van der Waals surface area contributed by atoms with Crippen LogP contribution in [0.4, 0.5) is 18.9 Å². The van der Waals surface area contributed by atoms with Gasteiger partial charge in [0.25, 0.3) is 0 Å². The lowest BCUT2D eigenvalue weighted by atomic mass is 9.89. The molecule has 0 bridgehead atoms. The number of fused-ring (bicyclic) bond motifs is 2. The van der Waals surface area contributed by atoms with Crippen molar-refractivity contribution in [3.63, 3.8) is 0 Å². The highest BCUT2D eigenvalue weighted by Gasteiger charge is 2.53. The summed E-state index contributed by atoms with van der Waals surface area (Å²) in [6.07, 6.45) is -3.44.